The monoisotopic (exact) mass is 204 g/mol. The van der Waals surface area contributed by atoms with Gasteiger partial charge in [-0.2, -0.15) is 0 Å². The second-order valence-corrected chi connectivity index (χ2v) is 4.52. The van der Waals surface area contributed by atoms with E-state index in [1.807, 2.05) is 6.07 Å². The summed E-state index contributed by atoms with van der Waals surface area (Å²) in [6.45, 7) is 2.17. The number of phenols is 1. The van der Waals surface area contributed by atoms with E-state index in [4.69, 9.17) is 0 Å². The first kappa shape index (κ1) is 9.04. The topological polar surface area (TPSA) is 44.3 Å². The maximum absolute atomic E-state index is 9.77. The van der Waals surface area contributed by atoms with Crippen LogP contribution in [0.3, 0.4) is 0 Å². The van der Waals surface area contributed by atoms with E-state index >= 15 is 0 Å². The molecule has 2 aliphatic rings. The average Bonchev–Trinajstić information content (AvgIpc) is 2.27. The van der Waals surface area contributed by atoms with E-state index in [0.717, 1.165) is 31.6 Å². The van der Waals surface area contributed by atoms with Crippen molar-refractivity contribution in [3.63, 3.8) is 0 Å². The van der Waals surface area contributed by atoms with E-state index in [0.29, 0.717) is 17.7 Å². The minimum absolute atomic E-state index is 0.393. The Bertz CT molecular complexity index is 378. The zero-order valence-electron chi connectivity index (χ0n) is 8.66. The third-order valence-corrected chi connectivity index (χ3v) is 3.55. The number of anilines is 1. The molecule has 15 heavy (non-hydrogen) atoms. The van der Waals surface area contributed by atoms with E-state index in [-0.39, 0.29) is 0 Å². The van der Waals surface area contributed by atoms with Gasteiger partial charge in [0, 0.05) is 12.6 Å². The van der Waals surface area contributed by atoms with Crippen LogP contribution in [-0.2, 0) is 6.42 Å². The van der Waals surface area contributed by atoms with Crippen LogP contribution in [0, 0.1) is 5.92 Å². The standard InChI is InChI=1S/C12H16N2O/c15-11-3-1-2-8-6-9-7-13-5-4-10(9)14-12(8)11/h1-3,9-10,13-15H,4-7H2. The van der Waals surface area contributed by atoms with Gasteiger partial charge in [0.25, 0.3) is 0 Å². The molecule has 0 aromatic heterocycles. The number of hydrogen-bond donors (Lipinski definition) is 3. The summed E-state index contributed by atoms with van der Waals surface area (Å²) in [5.41, 5.74) is 2.21. The summed E-state index contributed by atoms with van der Waals surface area (Å²) in [5, 5.41) is 16.7. The number of hydrogen-bond acceptors (Lipinski definition) is 3. The Morgan fingerprint density at radius 3 is 3.20 bits per heavy atom. The zero-order valence-corrected chi connectivity index (χ0v) is 8.66. The summed E-state index contributed by atoms with van der Waals surface area (Å²) in [6.07, 6.45) is 2.23. The lowest BCUT2D eigenvalue weighted by molar-refractivity contribution is 0.331. The molecule has 2 unspecified atom stereocenters. The van der Waals surface area contributed by atoms with Gasteiger partial charge in [-0.1, -0.05) is 12.1 Å². The van der Waals surface area contributed by atoms with Crippen molar-refractivity contribution in [2.45, 2.75) is 18.9 Å². The first-order valence-corrected chi connectivity index (χ1v) is 5.63. The van der Waals surface area contributed by atoms with Gasteiger partial charge in [-0.15, -0.1) is 0 Å². The normalized spacial score (nSPS) is 28.8. The maximum Gasteiger partial charge on any atom is 0.138 e. The third kappa shape index (κ3) is 1.47. The predicted molar refractivity (Wildman–Crippen MR) is 60.2 cm³/mol. The third-order valence-electron chi connectivity index (χ3n) is 3.55. The lowest BCUT2D eigenvalue weighted by atomic mass is 9.83. The van der Waals surface area contributed by atoms with E-state index in [1.54, 1.807) is 6.07 Å². The highest BCUT2D eigenvalue weighted by molar-refractivity contribution is 5.63. The summed E-state index contributed by atoms with van der Waals surface area (Å²) < 4.78 is 0. The fourth-order valence-corrected chi connectivity index (χ4v) is 2.72. The second-order valence-electron chi connectivity index (χ2n) is 4.52. The molecule has 0 bridgehead atoms. The van der Waals surface area contributed by atoms with Gasteiger partial charge in [-0.3, -0.25) is 0 Å². The molecular weight excluding hydrogens is 188 g/mol. The molecule has 0 amide bonds. The molecule has 1 fully saturated rings. The van der Waals surface area contributed by atoms with E-state index in [1.165, 1.54) is 5.56 Å². The first-order chi connectivity index (χ1) is 7.34. The smallest absolute Gasteiger partial charge is 0.138 e. The van der Waals surface area contributed by atoms with Gasteiger partial charge in [-0.05, 0) is 36.9 Å². The van der Waals surface area contributed by atoms with Crippen LogP contribution >= 0.6 is 0 Å². The lowest BCUT2D eigenvalue weighted by Gasteiger charge is -2.38. The molecule has 80 valence electrons. The molecule has 1 saturated heterocycles. The van der Waals surface area contributed by atoms with Crippen LogP contribution in [0.2, 0.25) is 0 Å². The van der Waals surface area contributed by atoms with Gasteiger partial charge >= 0.3 is 0 Å². The molecule has 0 aliphatic carbocycles. The quantitative estimate of drug-likeness (QED) is 0.559. The minimum atomic E-state index is 0.393. The molecule has 0 saturated carbocycles. The van der Waals surface area contributed by atoms with Crippen LogP contribution in [0.5, 0.6) is 5.75 Å². The van der Waals surface area contributed by atoms with Crippen molar-refractivity contribution in [1.82, 2.24) is 5.32 Å². The van der Waals surface area contributed by atoms with Gasteiger partial charge in [0.2, 0.25) is 0 Å². The van der Waals surface area contributed by atoms with Crippen LogP contribution in [-0.4, -0.2) is 24.2 Å². The summed E-state index contributed by atoms with van der Waals surface area (Å²) in [5.74, 6) is 1.07. The van der Waals surface area contributed by atoms with E-state index < -0.39 is 0 Å². The molecule has 2 heterocycles. The summed E-state index contributed by atoms with van der Waals surface area (Å²) in [4.78, 5) is 0. The van der Waals surface area contributed by atoms with Crippen LogP contribution in [0.4, 0.5) is 5.69 Å². The minimum Gasteiger partial charge on any atom is -0.506 e. The number of nitrogens with one attached hydrogen (secondary N) is 2. The molecule has 3 rings (SSSR count). The molecule has 3 N–H and O–H groups in total. The largest absolute Gasteiger partial charge is 0.506 e. The van der Waals surface area contributed by atoms with Gasteiger partial charge in [0.05, 0.1) is 5.69 Å². The Hall–Kier alpha value is -1.22. The van der Waals surface area contributed by atoms with Crippen molar-refractivity contribution < 1.29 is 5.11 Å². The Labute approximate surface area is 89.5 Å². The molecule has 0 spiro atoms. The molecular formula is C12H16N2O. The average molecular weight is 204 g/mol. The number of rotatable bonds is 0. The second kappa shape index (κ2) is 3.42. The highest BCUT2D eigenvalue weighted by atomic mass is 16.3. The lowest BCUT2D eigenvalue weighted by Crippen LogP contribution is -2.47. The molecule has 2 aliphatic heterocycles. The highest BCUT2D eigenvalue weighted by Gasteiger charge is 2.30. The Kier molecular flexibility index (Phi) is 2.06. The molecule has 0 radical (unpaired) electrons. The van der Waals surface area contributed by atoms with Crippen molar-refractivity contribution in [3.8, 4) is 5.75 Å². The first-order valence-electron chi connectivity index (χ1n) is 5.63. The number of phenolic OH excluding ortho intramolecular Hbond substituents is 1. The van der Waals surface area contributed by atoms with Crippen molar-refractivity contribution in [2.75, 3.05) is 18.4 Å². The molecule has 1 aromatic carbocycles. The number of benzene rings is 1. The fraction of sp³-hybridized carbons (Fsp3) is 0.500. The Morgan fingerprint density at radius 1 is 1.33 bits per heavy atom. The summed E-state index contributed by atoms with van der Waals surface area (Å²) >= 11 is 0. The maximum atomic E-state index is 9.77. The van der Waals surface area contributed by atoms with Crippen LogP contribution < -0.4 is 10.6 Å². The number of para-hydroxylation sites is 1. The highest BCUT2D eigenvalue weighted by Crippen LogP contribution is 2.36. The number of fused-ring (bicyclic) bond motifs is 2. The number of piperidine rings is 1. The SMILES string of the molecule is Oc1cccc2c1NC1CCNCC1C2. The summed E-state index contributed by atoms with van der Waals surface area (Å²) in [6, 6.07) is 6.32. The molecule has 3 nitrogen and oxygen atoms in total. The number of aromatic hydroxyl groups is 1. The molecule has 1 aromatic rings. The molecule has 2 atom stereocenters. The Balaban J connectivity index is 1.95. The summed E-state index contributed by atoms with van der Waals surface area (Å²) in [7, 11) is 0. The zero-order chi connectivity index (χ0) is 10.3. The van der Waals surface area contributed by atoms with Gasteiger partial charge in [0.15, 0.2) is 0 Å². The van der Waals surface area contributed by atoms with E-state index in [2.05, 4.69) is 16.7 Å². The molecule has 3 heteroatoms. The van der Waals surface area contributed by atoms with Crippen molar-refractivity contribution in [3.05, 3.63) is 23.8 Å². The van der Waals surface area contributed by atoms with E-state index in [9.17, 15) is 5.11 Å². The van der Waals surface area contributed by atoms with Crippen molar-refractivity contribution in [1.29, 1.82) is 0 Å². The predicted octanol–water partition coefficient (Wildman–Crippen LogP) is 1.34. The fourth-order valence-electron chi connectivity index (χ4n) is 2.72. The van der Waals surface area contributed by atoms with Gasteiger partial charge in [-0.25, -0.2) is 0 Å². The Morgan fingerprint density at radius 2 is 2.27 bits per heavy atom. The van der Waals surface area contributed by atoms with Crippen LogP contribution in [0.1, 0.15) is 12.0 Å². The van der Waals surface area contributed by atoms with Crippen molar-refractivity contribution >= 4 is 5.69 Å². The van der Waals surface area contributed by atoms with Crippen molar-refractivity contribution in [2.24, 2.45) is 5.92 Å². The van der Waals surface area contributed by atoms with Gasteiger partial charge < -0.3 is 15.7 Å². The van der Waals surface area contributed by atoms with Crippen LogP contribution in [0.15, 0.2) is 18.2 Å². The van der Waals surface area contributed by atoms with Crippen LogP contribution in [0.25, 0.3) is 0 Å². The van der Waals surface area contributed by atoms with Gasteiger partial charge in [0.1, 0.15) is 5.75 Å².